The first-order chi connectivity index (χ1) is 27.9. The molecule has 0 saturated heterocycles. The molecular formula is C52H65NO5S. The second-order valence-electron chi connectivity index (χ2n) is 18.8. The standard InChI is InChI=1S/C52H65NO5S/c1-37-28-31-42-41(24-13-10-14-27-48(54)50(2,3)4)43(51(5,6)45(42)36-37)32-29-38-20-19-21-39(49(38)58-40-22-11-9-12-23-40)30-33-47-52(7,8)44-25-15-16-26-46(44)53(47)34-17-18-35-59(55,56)57/h9,11-12,15-16,22-23,25-26,28-33,36H,10,13-14,17-21,24,27,34-35H2,1-8H3,(H,55,56,57)/b32-29+,39-30+,47-33+. The fourth-order valence-corrected chi connectivity index (χ4v) is 9.65. The molecule has 59 heavy (non-hydrogen) atoms. The third-order valence-electron chi connectivity index (χ3n) is 12.5. The highest BCUT2D eigenvalue weighted by atomic mass is 32.2. The number of ketones is 1. The predicted octanol–water partition coefficient (Wildman–Crippen LogP) is 13.0. The number of rotatable bonds is 16. The van der Waals surface area contributed by atoms with Gasteiger partial charge in [-0.15, -0.1) is 0 Å². The van der Waals surface area contributed by atoms with Crippen LogP contribution in [0.3, 0.4) is 0 Å². The number of carbonyl (C=O) groups is 1. The highest BCUT2D eigenvalue weighted by Gasteiger charge is 2.40. The maximum absolute atomic E-state index is 12.6. The van der Waals surface area contributed by atoms with Gasteiger partial charge in [0.05, 0.1) is 5.75 Å². The van der Waals surface area contributed by atoms with E-state index in [4.69, 9.17) is 4.74 Å². The summed E-state index contributed by atoms with van der Waals surface area (Å²) in [4.78, 5) is 14.9. The minimum atomic E-state index is -4.01. The number of allylic oxidation sites excluding steroid dienone is 9. The Morgan fingerprint density at radius 2 is 1.56 bits per heavy atom. The van der Waals surface area contributed by atoms with E-state index in [1.54, 1.807) is 0 Å². The molecule has 3 aromatic carbocycles. The third-order valence-corrected chi connectivity index (χ3v) is 13.3. The molecule has 0 aromatic heterocycles. The van der Waals surface area contributed by atoms with E-state index in [1.807, 2.05) is 51.1 Å². The number of anilines is 1. The number of hydrogen-bond donors (Lipinski definition) is 1. The monoisotopic (exact) mass is 815 g/mol. The van der Waals surface area contributed by atoms with Crippen LogP contribution in [0.5, 0.6) is 5.75 Å². The van der Waals surface area contributed by atoms with Crippen LogP contribution in [-0.2, 0) is 25.7 Å². The van der Waals surface area contributed by atoms with Gasteiger partial charge in [-0.3, -0.25) is 9.35 Å². The van der Waals surface area contributed by atoms with Crippen molar-refractivity contribution < 1.29 is 22.5 Å². The number of nitrogens with zero attached hydrogens (tertiary/aromatic N) is 1. The van der Waals surface area contributed by atoms with Gasteiger partial charge in [0, 0.05) is 40.6 Å². The Labute approximate surface area is 354 Å². The molecule has 0 radical (unpaired) electrons. The highest BCUT2D eigenvalue weighted by molar-refractivity contribution is 7.85. The molecule has 0 amide bonds. The first kappa shape index (κ1) is 44.1. The van der Waals surface area contributed by atoms with Gasteiger partial charge in [-0.05, 0) is 122 Å². The summed E-state index contributed by atoms with van der Waals surface area (Å²) >= 11 is 0. The SMILES string of the molecule is Cc1ccc2c(c1)C(C)(C)C(/C=C/C1=C(Oc3ccccc3)C(=C/C=C3/N(CCCCS(=O)(=O)O)c4ccccc4C3(C)C)/CCC1)=C2CCCCCC(=O)C(C)(C)C. The normalized spacial score (nSPS) is 19.0. The van der Waals surface area contributed by atoms with Gasteiger partial charge < -0.3 is 9.64 Å². The second-order valence-corrected chi connectivity index (χ2v) is 20.4. The zero-order valence-electron chi connectivity index (χ0n) is 36.7. The Bertz CT molecular complexity index is 2300. The number of fused-ring (bicyclic) bond motifs is 2. The smallest absolute Gasteiger partial charge is 0.264 e. The van der Waals surface area contributed by atoms with Gasteiger partial charge in [-0.25, -0.2) is 0 Å². The summed E-state index contributed by atoms with van der Waals surface area (Å²) in [6.45, 7) is 18.1. The summed E-state index contributed by atoms with van der Waals surface area (Å²) in [5.41, 5.74) is 11.9. The molecule has 1 N–H and O–H groups in total. The Hall–Kier alpha value is -4.46. The molecule has 0 atom stereocenters. The summed E-state index contributed by atoms with van der Waals surface area (Å²) in [7, 11) is -4.01. The van der Waals surface area contributed by atoms with E-state index < -0.39 is 10.1 Å². The van der Waals surface area contributed by atoms with Crippen LogP contribution in [0.15, 0.2) is 125 Å². The lowest BCUT2D eigenvalue weighted by Crippen LogP contribution is -2.27. The minimum absolute atomic E-state index is 0.165. The number of para-hydroxylation sites is 2. The van der Waals surface area contributed by atoms with Crippen LogP contribution in [0.1, 0.15) is 135 Å². The van der Waals surface area contributed by atoms with Crippen LogP contribution < -0.4 is 9.64 Å². The summed E-state index contributed by atoms with van der Waals surface area (Å²) in [6.07, 6.45) is 17.6. The van der Waals surface area contributed by atoms with Gasteiger partial charge in [0.15, 0.2) is 0 Å². The van der Waals surface area contributed by atoms with E-state index in [0.717, 1.165) is 73.4 Å². The molecule has 1 aliphatic heterocycles. The Morgan fingerprint density at radius 3 is 2.29 bits per heavy atom. The number of carbonyl (C=O) groups excluding carboxylic acids is 1. The molecule has 0 fully saturated rings. The fourth-order valence-electron chi connectivity index (χ4n) is 9.08. The van der Waals surface area contributed by atoms with Crippen LogP contribution in [-0.4, -0.2) is 31.1 Å². The van der Waals surface area contributed by atoms with Gasteiger partial charge in [-0.2, -0.15) is 8.42 Å². The molecule has 0 saturated carbocycles. The number of Topliss-reactive ketones (excluding diaryl/α,β-unsaturated/α-hetero) is 1. The topological polar surface area (TPSA) is 83.9 Å². The van der Waals surface area contributed by atoms with Crippen molar-refractivity contribution in [2.45, 2.75) is 130 Å². The van der Waals surface area contributed by atoms with E-state index in [-0.39, 0.29) is 22.0 Å². The van der Waals surface area contributed by atoms with Crippen molar-refractivity contribution in [1.82, 2.24) is 0 Å². The first-order valence-electron chi connectivity index (χ1n) is 21.6. The van der Waals surface area contributed by atoms with Crippen molar-refractivity contribution >= 4 is 27.2 Å². The molecule has 0 spiro atoms. The van der Waals surface area contributed by atoms with Gasteiger partial charge in [0.1, 0.15) is 17.3 Å². The van der Waals surface area contributed by atoms with E-state index in [2.05, 4.69) is 106 Å². The van der Waals surface area contributed by atoms with E-state index >= 15 is 0 Å². The maximum Gasteiger partial charge on any atom is 0.264 e. The summed E-state index contributed by atoms with van der Waals surface area (Å²) in [5.74, 6) is 1.80. The summed E-state index contributed by atoms with van der Waals surface area (Å²) in [6, 6.07) is 25.4. The quantitative estimate of drug-likeness (QED) is 0.115. The average molecular weight is 816 g/mol. The zero-order valence-corrected chi connectivity index (χ0v) is 37.5. The lowest BCUT2D eigenvalue weighted by molar-refractivity contribution is -0.126. The molecule has 7 heteroatoms. The number of aryl methyl sites for hydroxylation is 1. The highest BCUT2D eigenvalue weighted by Crippen LogP contribution is 2.50. The molecule has 0 unspecified atom stereocenters. The van der Waals surface area contributed by atoms with Gasteiger partial charge in [0.25, 0.3) is 10.1 Å². The molecule has 0 bridgehead atoms. The van der Waals surface area contributed by atoms with Gasteiger partial charge in [0.2, 0.25) is 0 Å². The predicted molar refractivity (Wildman–Crippen MR) is 244 cm³/mol. The van der Waals surface area contributed by atoms with E-state index in [9.17, 15) is 17.8 Å². The van der Waals surface area contributed by atoms with Gasteiger partial charge >= 0.3 is 0 Å². The molecule has 1 heterocycles. The van der Waals surface area contributed by atoms with Crippen LogP contribution in [0, 0.1) is 12.3 Å². The number of unbranched alkanes of at least 4 members (excludes halogenated alkanes) is 3. The lowest BCUT2D eigenvalue weighted by Gasteiger charge is -2.27. The Kier molecular flexibility index (Phi) is 13.5. The second kappa shape index (κ2) is 18.0. The molecular weight excluding hydrogens is 751 g/mol. The number of benzene rings is 3. The van der Waals surface area contributed by atoms with Crippen molar-refractivity contribution in [3.63, 3.8) is 0 Å². The molecule has 314 valence electrons. The number of ether oxygens (including phenoxy) is 1. The number of hydrogen-bond acceptors (Lipinski definition) is 5. The van der Waals surface area contributed by atoms with Gasteiger partial charge in [-0.1, -0.05) is 133 Å². The molecule has 6 nitrogen and oxygen atoms in total. The van der Waals surface area contributed by atoms with Crippen molar-refractivity contribution in [3.05, 3.63) is 148 Å². The largest absolute Gasteiger partial charge is 0.457 e. The molecule has 3 aromatic rings. The van der Waals surface area contributed by atoms with Crippen LogP contribution >= 0.6 is 0 Å². The Balaban J connectivity index is 1.36. The Morgan fingerprint density at radius 1 is 0.831 bits per heavy atom. The molecule has 6 rings (SSSR count). The first-order valence-corrected chi connectivity index (χ1v) is 23.3. The fraction of sp³-hybridized carbons (Fsp3) is 0.442. The van der Waals surface area contributed by atoms with E-state index in [1.165, 1.54) is 39.0 Å². The van der Waals surface area contributed by atoms with Crippen LogP contribution in [0.25, 0.3) is 5.57 Å². The lowest BCUT2D eigenvalue weighted by atomic mass is 9.80. The molecule has 2 aliphatic carbocycles. The summed E-state index contributed by atoms with van der Waals surface area (Å²) < 4.78 is 39.2. The molecule has 3 aliphatic rings. The summed E-state index contributed by atoms with van der Waals surface area (Å²) in [5, 5.41) is 0. The van der Waals surface area contributed by atoms with Crippen molar-refractivity contribution in [3.8, 4) is 5.75 Å². The van der Waals surface area contributed by atoms with Crippen LogP contribution in [0.2, 0.25) is 0 Å². The van der Waals surface area contributed by atoms with Crippen molar-refractivity contribution in [1.29, 1.82) is 0 Å². The zero-order chi connectivity index (χ0) is 42.6. The van der Waals surface area contributed by atoms with Crippen LogP contribution in [0.4, 0.5) is 5.69 Å². The minimum Gasteiger partial charge on any atom is -0.457 e. The van der Waals surface area contributed by atoms with Crippen molar-refractivity contribution in [2.24, 2.45) is 5.41 Å². The third kappa shape index (κ3) is 10.3. The van der Waals surface area contributed by atoms with E-state index in [0.29, 0.717) is 31.6 Å². The maximum atomic E-state index is 12.6. The van der Waals surface area contributed by atoms with Crippen molar-refractivity contribution in [2.75, 3.05) is 17.2 Å². The average Bonchev–Trinajstić information content (AvgIpc) is 3.52.